The van der Waals surface area contributed by atoms with Crippen LogP contribution in [0.4, 0.5) is 24.3 Å². The van der Waals surface area contributed by atoms with E-state index in [1.165, 1.54) is 24.5 Å². The van der Waals surface area contributed by atoms with Gasteiger partial charge in [0.05, 0.1) is 0 Å². The fraction of sp³-hybridized carbons (Fsp3) is 0.455. The molecule has 1 saturated heterocycles. The molecule has 0 unspecified atom stereocenters. The molecule has 0 bridgehead atoms. The molecule has 10 heteroatoms. The van der Waals surface area contributed by atoms with Crippen LogP contribution in [0.3, 0.4) is 0 Å². The van der Waals surface area contributed by atoms with Gasteiger partial charge >= 0.3 is 12.1 Å². The highest BCUT2D eigenvalue weighted by atomic mass is 19.1. The molecular formula is C22H27F2N5O3. The summed E-state index contributed by atoms with van der Waals surface area (Å²) in [5.74, 6) is -1.32. The molecule has 1 fully saturated rings. The van der Waals surface area contributed by atoms with Crippen molar-refractivity contribution < 1.29 is 23.1 Å². The number of amides is 3. The van der Waals surface area contributed by atoms with Gasteiger partial charge in [0.1, 0.15) is 17.2 Å². The quantitative estimate of drug-likeness (QED) is 0.759. The number of likely N-dealkylation sites (tertiary alicyclic amines) is 1. The zero-order chi connectivity index (χ0) is 23.5. The maximum absolute atomic E-state index is 13.4. The van der Waals surface area contributed by atoms with Crippen molar-refractivity contribution in [1.29, 1.82) is 0 Å². The standard InChI is InChI=1S/C22H27F2N5O3/c1-22(2,3)32-21(31)29-7-5-18(6-8-29)28(4)20(30)27-19-25-12-15(13-26-19)14-9-16(23)11-17(24)10-14/h9-13,18H,5-8H2,1-4H3,(H,25,26,27,30). The lowest BCUT2D eigenvalue weighted by molar-refractivity contribution is 0.0174. The monoisotopic (exact) mass is 447 g/mol. The van der Waals surface area contributed by atoms with Gasteiger partial charge in [-0.2, -0.15) is 0 Å². The van der Waals surface area contributed by atoms with Gasteiger partial charge in [-0.1, -0.05) is 0 Å². The number of piperidine rings is 1. The number of hydrogen-bond donors (Lipinski definition) is 1. The van der Waals surface area contributed by atoms with Crippen LogP contribution in [0, 0.1) is 11.6 Å². The summed E-state index contributed by atoms with van der Waals surface area (Å²) < 4.78 is 32.2. The number of hydrogen-bond acceptors (Lipinski definition) is 5. The van der Waals surface area contributed by atoms with E-state index in [2.05, 4.69) is 15.3 Å². The first kappa shape index (κ1) is 23.4. The average Bonchev–Trinajstić information content (AvgIpc) is 2.72. The predicted octanol–water partition coefficient (Wildman–Crippen LogP) is 4.29. The third-order valence-electron chi connectivity index (χ3n) is 5.05. The maximum atomic E-state index is 13.4. The van der Waals surface area contributed by atoms with E-state index in [-0.39, 0.29) is 24.1 Å². The summed E-state index contributed by atoms with van der Waals surface area (Å²) in [6.07, 6.45) is 3.66. The molecule has 32 heavy (non-hydrogen) atoms. The molecule has 2 heterocycles. The Hall–Kier alpha value is -3.30. The normalized spacial score (nSPS) is 14.8. The zero-order valence-electron chi connectivity index (χ0n) is 18.6. The first-order chi connectivity index (χ1) is 15.0. The van der Waals surface area contributed by atoms with E-state index in [1.54, 1.807) is 16.8 Å². The van der Waals surface area contributed by atoms with Gasteiger partial charge in [0.2, 0.25) is 5.95 Å². The highest BCUT2D eigenvalue weighted by molar-refractivity contribution is 5.87. The van der Waals surface area contributed by atoms with Gasteiger partial charge in [0, 0.05) is 50.2 Å². The van der Waals surface area contributed by atoms with Gasteiger partial charge < -0.3 is 14.5 Å². The number of benzene rings is 1. The number of aromatic nitrogens is 2. The fourth-order valence-corrected chi connectivity index (χ4v) is 3.37. The van der Waals surface area contributed by atoms with Gasteiger partial charge in [-0.25, -0.2) is 28.3 Å². The summed E-state index contributed by atoms with van der Waals surface area (Å²) in [5.41, 5.74) is 0.168. The molecule has 2 aromatic rings. The van der Waals surface area contributed by atoms with E-state index in [4.69, 9.17) is 4.74 Å². The number of anilines is 1. The van der Waals surface area contributed by atoms with Gasteiger partial charge in [0.15, 0.2) is 0 Å². The maximum Gasteiger partial charge on any atom is 0.410 e. The molecule has 3 amide bonds. The number of ether oxygens (including phenoxy) is 1. The van der Waals surface area contributed by atoms with Gasteiger partial charge in [-0.05, 0) is 51.3 Å². The molecule has 0 atom stereocenters. The molecule has 1 aliphatic rings. The number of nitrogens with zero attached hydrogens (tertiary/aromatic N) is 4. The second kappa shape index (κ2) is 9.46. The van der Waals surface area contributed by atoms with E-state index in [1.807, 2.05) is 20.8 Å². The van der Waals surface area contributed by atoms with Crippen molar-refractivity contribution in [2.24, 2.45) is 0 Å². The highest BCUT2D eigenvalue weighted by Gasteiger charge is 2.30. The summed E-state index contributed by atoms with van der Waals surface area (Å²) in [7, 11) is 1.67. The molecule has 1 aromatic heterocycles. The Bertz CT molecular complexity index is 950. The van der Waals surface area contributed by atoms with Crippen LogP contribution in [0.2, 0.25) is 0 Å². The molecule has 0 spiro atoms. The second-order valence-electron chi connectivity index (χ2n) is 8.69. The predicted molar refractivity (Wildman–Crippen MR) is 115 cm³/mol. The summed E-state index contributed by atoms with van der Waals surface area (Å²) in [6.45, 7) is 6.45. The molecule has 0 aliphatic carbocycles. The lowest BCUT2D eigenvalue weighted by atomic mass is 10.0. The van der Waals surface area contributed by atoms with Crippen LogP contribution in [0.15, 0.2) is 30.6 Å². The van der Waals surface area contributed by atoms with Gasteiger partial charge in [-0.3, -0.25) is 5.32 Å². The summed E-state index contributed by atoms with van der Waals surface area (Å²) in [4.78, 5) is 36.1. The van der Waals surface area contributed by atoms with Gasteiger partial charge in [-0.15, -0.1) is 0 Å². The van der Waals surface area contributed by atoms with Crippen molar-refractivity contribution in [1.82, 2.24) is 19.8 Å². The summed E-state index contributed by atoms with van der Waals surface area (Å²) in [6, 6.07) is 2.70. The highest BCUT2D eigenvalue weighted by Crippen LogP contribution is 2.22. The molecule has 1 aliphatic heterocycles. The van der Waals surface area contributed by atoms with E-state index in [0.29, 0.717) is 37.1 Å². The van der Waals surface area contributed by atoms with Gasteiger partial charge in [0.25, 0.3) is 0 Å². The molecule has 8 nitrogen and oxygen atoms in total. The minimum Gasteiger partial charge on any atom is -0.444 e. The molecule has 0 saturated carbocycles. The number of rotatable bonds is 3. The van der Waals surface area contributed by atoms with Crippen LogP contribution in [-0.2, 0) is 4.74 Å². The zero-order valence-corrected chi connectivity index (χ0v) is 18.6. The largest absolute Gasteiger partial charge is 0.444 e. The Balaban J connectivity index is 1.54. The topological polar surface area (TPSA) is 87.7 Å². The van der Waals surface area contributed by atoms with Crippen molar-refractivity contribution in [3.63, 3.8) is 0 Å². The van der Waals surface area contributed by atoms with Crippen LogP contribution in [0.1, 0.15) is 33.6 Å². The Labute approximate surface area is 185 Å². The summed E-state index contributed by atoms with van der Waals surface area (Å²) >= 11 is 0. The van der Waals surface area contributed by atoms with Crippen molar-refractivity contribution in [3.8, 4) is 11.1 Å². The lowest BCUT2D eigenvalue weighted by Gasteiger charge is -2.37. The van der Waals surface area contributed by atoms with Crippen LogP contribution in [0.5, 0.6) is 0 Å². The van der Waals surface area contributed by atoms with E-state index < -0.39 is 17.2 Å². The van der Waals surface area contributed by atoms with E-state index in [0.717, 1.165) is 6.07 Å². The van der Waals surface area contributed by atoms with E-state index >= 15 is 0 Å². The van der Waals surface area contributed by atoms with Crippen molar-refractivity contribution in [3.05, 3.63) is 42.2 Å². The Morgan fingerprint density at radius 3 is 2.16 bits per heavy atom. The molecule has 1 aromatic carbocycles. The molecular weight excluding hydrogens is 420 g/mol. The SMILES string of the molecule is CN(C(=O)Nc1ncc(-c2cc(F)cc(F)c2)cn1)C1CCN(C(=O)OC(C)(C)C)CC1. The van der Waals surface area contributed by atoms with Crippen LogP contribution in [0.25, 0.3) is 11.1 Å². The molecule has 1 N–H and O–H groups in total. The lowest BCUT2D eigenvalue weighted by Crippen LogP contribution is -2.49. The Morgan fingerprint density at radius 2 is 1.62 bits per heavy atom. The number of urea groups is 1. The molecule has 172 valence electrons. The number of carbonyl (C=O) groups excluding carboxylic acids is 2. The molecule has 0 radical (unpaired) electrons. The Morgan fingerprint density at radius 1 is 1.06 bits per heavy atom. The number of halogens is 2. The van der Waals surface area contributed by atoms with Crippen LogP contribution >= 0.6 is 0 Å². The first-order valence-corrected chi connectivity index (χ1v) is 10.3. The van der Waals surface area contributed by atoms with Crippen LogP contribution < -0.4 is 5.32 Å². The van der Waals surface area contributed by atoms with Crippen LogP contribution in [-0.4, -0.2) is 63.7 Å². The number of carbonyl (C=O) groups is 2. The Kier molecular flexibility index (Phi) is 6.90. The second-order valence-corrected chi connectivity index (χ2v) is 8.69. The first-order valence-electron chi connectivity index (χ1n) is 10.3. The number of nitrogens with one attached hydrogen (secondary N) is 1. The van der Waals surface area contributed by atoms with Crippen molar-refractivity contribution in [2.75, 3.05) is 25.5 Å². The average molecular weight is 447 g/mol. The van der Waals surface area contributed by atoms with Crippen molar-refractivity contribution >= 4 is 18.1 Å². The fourth-order valence-electron chi connectivity index (χ4n) is 3.37. The van der Waals surface area contributed by atoms with Crippen molar-refractivity contribution in [2.45, 2.75) is 45.3 Å². The summed E-state index contributed by atoms with van der Waals surface area (Å²) in [5, 5.41) is 2.62. The minimum atomic E-state index is -0.697. The smallest absolute Gasteiger partial charge is 0.410 e. The van der Waals surface area contributed by atoms with E-state index in [9.17, 15) is 18.4 Å². The third kappa shape index (κ3) is 6.12. The molecule has 3 rings (SSSR count). The minimum absolute atomic E-state index is 0.0526. The third-order valence-corrected chi connectivity index (χ3v) is 5.05.